The molecule has 1 aromatic rings. The van der Waals surface area contributed by atoms with Crippen molar-refractivity contribution in [3.05, 3.63) is 35.9 Å². The van der Waals surface area contributed by atoms with Gasteiger partial charge in [-0.05, 0) is 43.6 Å². The van der Waals surface area contributed by atoms with Crippen LogP contribution in [0.2, 0.25) is 0 Å². The van der Waals surface area contributed by atoms with Crippen LogP contribution in [-0.2, 0) is 25.7 Å². The predicted octanol–water partition coefficient (Wildman–Crippen LogP) is 1.19. The predicted molar refractivity (Wildman–Crippen MR) is 142 cm³/mol. The Balaban J connectivity index is 1.86. The minimum atomic E-state index is -1.13. The van der Waals surface area contributed by atoms with E-state index >= 15 is 0 Å². The van der Waals surface area contributed by atoms with Crippen molar-refractivity contribution in [3.8, 4) is 0 Å². The third-order valence-electron chi connectivity index (χ3n) is 6.25. The normalized spacial score (nSPS) is 15.3. The molecule has 0 aliphatic carbocycles. The van der Waals surface area contributed by atoms with E-state index < -0.39 is 30.1 Å². The Labute approximate surface area is 223 Å². The number of benzene rings is 1. The number of nitrogens with zero attached hydrogens (tertiary/aromatic N) is 2. The number of hydrogen-bond donors (Lipinski definition) is 5. The number of carbonyl (C=O) groups is 4. The summed E-state index contributed by atoms with van der Waals surface area (Å²) in [6.45, 7) is 4.95. The number of alkyl carbamates (subject to hydrolysis) is 1. The van der Waals surface area contributed by atoms with Gasteiger partial charge in [0.15, 0.2) is 5.96 Å². The standard InChI is InChI=1S/C26H40N6O6/c1-17(2)15-21(31-26(37)38-16-18-7-4-3-5-8-18)23(34)32-13-10-19(11-14-32)22(33)30-20(24(35)36)9-6-12-29-25(27)28/h3-5,7-8,17,19-21H,6,9-16H2,1-2H3,(H,30,33)(H,31,37)(H,35,36)(H4,27,28,29). The number of guanidine groups is 1. The summed E-state index contributed by atoms with van der Waals surface area (Å²) < 4.78 is 5.29. The first kappa shape index (κ1) is 30.4. The monoisotopic (exact) mass is 532 g/mol. The molecule has 1 fully saturated rings. The van der Waals surface area contributed by atoms with Gasteiger partial charge in [0.2, 0.25) is 11.8 Å². The lowest BCUT2D eigenvalue weighted by Gasteiger charge is -2.34. The van der Waals surface area contributed by atoms with Crippen molar-refractivity contribution >= 4 is 29.8 Å². The number of likely N-dealkylation sites (tertiary alicyclic amines) is 1. The van der Waals surface area contributed by atoms with Gasteiger partial charge in [-0.1, -0.05) is 44.2 Å². The first-order valence-electron chi connectivity index (χ1n) is 12.9. The maximum absolute atomic E-state index is 13.2. The maximum Gasteiger partial charge on any atom is 0.408 e. The lowest BCUT2D eigenvalue weighted by Crippen LogP contribution is -2.53. The highest BCUT2D eigenvalue weighted by molar-refractivity contribution is 5.87. The van der Waals surface area contributed by atoms with Crippen molar-refractivity contribution in [3.63, 3.8) is 0 Å². The number of nitrogens with one attached hydrogen (secondary N) is 2. The Bertz CT molecular complexity index is 958. The SMILES string of the molecule is CC(C)CC(NC(=O)OCc1ccccc1)C(=O)N1CCC(C(=O)NC(CCCN=C(N)N)C(=O)O)CC1. The minimum absolute atomic E-state index is 0.0721. The van der Waals surface area contributed by atoms with E-state index in [0.29, 0.717) is 38.8 Å². The molecule has 1 heterocycles. The first-order valence-corrected chi connectivity index (χ1v) is 12.9. The second kappa shape index (κ2) is 15.4. The smallest absolute Gasteiger partial charge is 0.408 e. The van der Waals surface area contributed by atoms with Gasteiger partial charge in [-0.2, -0.15) is 0 Å². The number of aliphatic carboxylic acids is 1. The van der Waals surface area contributed by atoms with Gasteiger partial charge in [0, 0.05) is 25.6 Å². The van der Waals surface area contributed by atoms with E-state index in [1.807, 2.05) is 44.2 Å². The van der Waals surface area contributed by atoms with Crippen LogP contribution < -0.4 is 22.1 Å². The molecule has 2 rings (SSSR count). The number of hydrogen-bond acceptors (Lipinski definition) is 6. The van der Waals surface area contributed by atoms with Crippen LogP contribution in [0.4, 0.5) is 4.79 Å². The molecule has 7 N–H and O–H groups in total. The highest BCUT2D eigenvalue weighted by atomic mass is 16.5. The molecule has 0 saturated carbocycles. The summed E-state index contributed by atoms with van der Waals surface area (Å²) in [5.74, 6) is -2.04. The second-order valence-corrected chi connectivity index (χ2v) is 9.84. The van der Waals surface area contributed by atoms with E-state index in [1.54, 1.807) is 4.90 Å². The Morgan fingerprint density at radius 3 is 2.32 bits per heavy atom. The zero-order chi connectivity index (χ0) is 28.1. The molecule has 2 unspecified atom stereocenters. The fraction of sp³-hybridized carbons (Fsp3) is 0.577. The molecule has 1 aliphatic heterocycles. The maximum atomic E-state index is 13.2. The number of nitrogens with two attached hydrogens (primary N) is 2. The molecule has 0 bridgehead atoms. The third-order valence-corrected chi connectivity index (χ3v) is 6.25. The molecule has 0 aromatic heterocycles. The van der Waals surface area contributed by atoms with Gasteiger partial charge >= 0.3 is 12.1 Å². The molecule has 3 amide bonds. The van der Waals surface area contributed by atoms with E-state index in [-0.39, 0.29) is 43.3 Å². The Kier molecular flexibility index (Phi) is 12.3. The molecule has 0 spiro atoms. The third kappa shape index (κ3) is 10.7. The summed E-state index contributed by atoms with van der Waals surface area (Å²) in [7, 11) is 0. The number of carboxylic acids is 1. The van der Waals surface area contributed by atoms with Crippen LogP contribution in [0.3, 0.4) is 0 Å². The summed E-state index contributed by atoms with van der Waals surface area (Å²) >= 11 is 0. The fourth-order valence-electron chi connectivity index (χ4n) is 4.23. The number of amides is 3. The van der Waals surface area contributed by atoms with Gasteiger partial charge in [0.25, 0.3) is 0 Å². The minimum Gasteiger partial charge on any atom is -0.480 e. The van der Waals surface area contributed by atoms with Gasteiger partial charge in [0.05, 0.1) is 0 Å². The zero-order valence-electron chi connectivity index (χ0n) is 22.1. The van der Waals surface area contributed by atoms with Crippen molar-refractivity contribution in [1.29, 1.82) is 0 Å². The lowest BCUT2D eigenvalue weighted by atomic mass is 9.94. The first-order chi connectivity index (χ1) is 18.1. The van der Waals surface area contributed by atoms with Crippen LogP contribution in [-0.4, -0.2) is 71.6 Å². The lowest BCUT2D eigenvalue weighted by molar-refractivity contribution is -0.143. The zero-order valence-corrected chi connectivity index (χ0v) is 22.1. The Hall–Kier alpha value is -3.83. The van der Waals surface area contributed by atoms with Crippen LogP contribution in [0.15, 0.2) is 35.3 Å². The van der Waals surface area contributed by atoms with Gasteiger partial charge in [0.1, 0.15) is 18.7 Å². The van der Waals surface area contributed by atoms with E-state index in [2.05, 4.69) is 15.6 Å². The summed E-state index contributed by atoms with van der Waals surface area (Å²) in [5.41, 5.74) is 11.4. The number of carboxylic acid groups (broad SMARTS) is 1. The summed E-state index contributed by atoms with van der Waals surface area (Å²) in [6, 6.07) is 7.47. The van der Waals surface area contributed by atoms with Crippen LogP contribution >= 0.6 is 0 Å². The Morgan fingerprint density at radius 2 is 1.74 bits per heavy atom. The fourth-order valence-corrected chi connectivity index (χ4v) is 4.23. The molecule has 12 nitrogen and oxygen atoms in total. The Morgan fingerprint density at radius 1 is 1.08 bits per heavy atom. The molecule has 2 atom stereocenters. The number of aliphatic imine (C=N–C) groups is 1. The topological polar surface area (TPSA) is 189 Å². The van der Waals surface area contributed by atoms with Gasteiger partial charge < -0.3 is 36.8 Å². The molecule has 1 aromatic carbocycles. The molecule has 1 saturated heterocycles. The molecular formula is C26H40N6O6. The van der Waals surface area contributed by atoms with Crippen molar-refractivity contribution in [1.82, 2.24) is 15.5 Å². The highest BCUT2D eigenvalue weighted by Crippen LogP contribution is 2.20. The van der Waals surface area contributed by atoms with Crippen LogP contribution in [0.25, 0.3) is 0 Å². The van der Waals surface area contributed by atoms with Gasteiger partial charge in [-0.3, -0.25) is 14.6 Å². The quantitative estimate of drug-likeness (QED) is 0.142. The van der Waals surface area contributed by atoms with E-state index in [9.17, 15) is 24.3 Å². The highest BCUT2D eigenvalue weighted by Gasteiger charge is 2.33. The number of carbonyl (C=O) groups excluding carboxylic acids is 3. The van der Waals surface area contributed by atoms with Crippen molar-refractivity contribution in [2.45, 2.75) is 64.6 Å². The average Bonchev–Trinajstić information content (AvgIpc) is 2.88. The summed E-state index contributed by atoms with van der Waals surface area (Å²) in [5, 5.41) is 14.7. The second-order valence-electron chi connectivity index (χ2n) is 9.84. The van der Waals surface area contributed by atoms with Crippen LogP contribution in [0, 0.1) is 11.8 Å². The van der Waals surface area contributed by atoms with Crippen molar-refractivity contribution in [2.75, 3.05) is 19.6 Å². The summed E-state index contributed by atoms with van der Waals surface area (Å²) in [6.07, 6.45) is 1.16. The number of piperidine rings is 1. The van der Waals surface area contributed by atoms with E-state index in [0.717, 1.165) is 5.56 Å². The van der Waals surface area contributed by atoms with E-state index in [4.69, 9.17) is 16.2 Å². The largest absolute Gasteiger partial charge is 0.480 e. The molecule has 0 radical (unpaired) electrons. The molecule has 12 heteroatoms. The number of rotatable bonds is 13. The van der Waals surface area contributed by atoms with Gasteiger partial charge in [-0.15, -0.1) is 0 Å². The number of ether oxygens (including phenoxy) is 1. The average molecular weight is 533 g/mol. The molecule has 1 aliphatic rings. The van der Waals surface area contributed by atoms with Crippen LogP contribution in [0.1, 0.15) is 51.5 Å². The molecular weight excluding hydrogens is 492 g/mol. The van der Waals surface area contributed by atoms with Crippen molar-refractivity contribution in [2.24, 2.45) is 28.3 Å². The van der Waals surface area contributed by atoms with Crippen LogP contribution in [0.5, 0.6) is 0 Å². The van der Waals surface area contributed by atoms with E-state index in [1.165, 1.54) is 0 Å². The van der Waals surface area contributed by atoms with Crippen molar-refractivity contribution < 1.29 is 29.0 Å². The molecule has 38 heavy (non-hydrogen) atoms. The molecule has 210 valence electrons. The summed E-state index contributed by atoms with van der Waals surface area (Å²) in [4.78, 5) is 55.4. The van der Waals surface area contributed by atoms with Gasteiger partial charge in [-0.25, -0.2) is 9.59 Å².